The highest BCUT2D eigenvalue weighted by atomic mass is 32.1. The minimum absolute atomic E-state index is 0.0913. The quantitative estimate of drug-likeness (QED) is 0.700. The number of hydrogen-bond donors (Lipinski definition) is 1. The monoisotopic (exact) mass is 338 g/mol. The molecule has 1 aliphatic carbocycles. The van der Waals surface area contributed by atoms with Crippen LogP contribution in [0.3, 0.4) is 0 Å². The van der Waals surface area contributed by atoms with Crippen molar-refractivity contribution in [1.29, 1.82) is 0 Å². The lowest BCUT2D eigenvalue weighted by Gasteiger charge is -2.23. The zero-order chi connectivity index (χ0) is 16.5. The first-order chi connectivity index (χ1) is 11.2. The lowest BCUT2D eigenvalue weighted by atomic mass is 9.98. The standard InChI is InChI=1S/C18H30N2O2S/c1-15(17-10-6-13-23-17)20(2)14-18(21)19-11-7-12-22-16-8-4-3-5-9-16/h6,10,13,15-16H,3-5,7-9,11-12,14H2,1-2H3,(H,19,21). The summed E-state index contributed by atoms with van der Waals surface area (Å²) in [6, 6.07) is 4.44. The SMILES string of the molecule is CC(c1cccs1)N(C)CC(=O)NCCCOC1CCCCC1. The van der Waals surface area contributed by atoms with Crippen molar-refractivity contribution < 1.29 is 9.53 Å². The van der Waals surface area contributed by atoms with Gasteiger partial charge in [-0.05, 0) is 44.7 Å². The van der Waals surface area contributed by atoms with Crippen molar-refractivity contribution in [1.82, 2.24) is 10.2 Å². The van der Waals surface area contributed by atoms with Crippen LogP contribution in [0.5, 0.6) is 0 Å². The average Bonchev–Trinajstić information content (AvgIpc) is 3.09. The molecule has 1 aromatic heterocycles. The topological polar surface area (TPSA) is 41.6 Å². The summed E-state index contributed by atoms with van der Waals surface area (Å²) in [5.41, 5.74) is 0. The van der Waals surface area contributed by atoms with Crippen LogP contribution < -0.4 is 5.32 Å². The second kappa shape index (κ2) is 10.1. The van der Waals surface area contributed by atoms with Gasteiger partial charge in [0.25, 0.3) is 0 Å². The van der Waals surface area contributed by atoms with Crippen LogP contribution in [-0.2, 0) is 9.53 Å². The van der Waals surface area contributed by atoms with Crippen LogP contribution >= 0.6 is 11.3 Å². The smallest absolute Gasteiger partial charge is 0.234 e. The van der Waals surface area contributed by atoms with E-state index in [1.807, 2.05) is 7.05 Å². The lowest BCUT2D eigenvalue weighted by molar-refractivity contribution is -0.122. The fourth-order valence-corrected chi connectivity index (χ4v) is 3.80. The normalized spacial score (nSPS) is 17.3. The minimum Gasteiger partial charge on any atom is -0.378 e. The van der Waals surface area contributed by atoms with E-state index in [-0.39, 0.29) is 11.9 Å². The van der Waals surface area contributed by atoms with E-state index in [1.54, 1.807) is 11.3 Å². The molecule has 1 aromatic rings. The fraction of sp³-hybridized carbons (Fsp3) is 0.722. The number of carbonyl (C=O) groups is 1. The van der Waals surface area contributed by atoms with Gasteiger partial charge >= 0.3 is 0 Å². The van der Waals surface area contributed by atoms with E-state index < -0.39 is 0 Å². The maximum atomic E-state index is 12.0. The van der Waals surface area contributed by atoms with E-state index in [4.69, 9.17) is 4.74 Å². The summed E-state index contributed by atoms with van der Waals surface area (Å²) in [5.74, 6) is 0.0913. The lowest BCUT2D eigenvalue weighted by Crippen LogP contribution is -2.37. The van der Waals surface area contributed by atoms with Crippen molar-refractivity contribution in [2.75, 3.05) is 26.7 Å². The zero-order valence-electron chi connectivity index (χ0n) is 14.4. The van der Waals surface area contributed by atoms with Gasteiger partial charge in [0, 0.05) is 24.1 Å². The molecule has 1 heterocycles. The predicted molar refractivity (Wildman–Crippen MR) is 95.8 cm³/mol. The van der Waals surface area contributed by atoms with Crippen LogP contribution in [0.4, 0.5) is 0 Å². The molecule has 1 N–H and O–H groups in total. The minimum atomic E-state index is 0.0913. The third-order valence-corrected chi connectivity index (χ3v) is 5.60. The molecule has 1 atom stereocenters. The van der Waals surface area contributed by atoms with E-state index in [0.717, 1.165) is 13.0 Å². The molecule has 0 radical (unpaired) electrons. The molecular weight excluding hydrogens is 308 g/mol. The third-order valence-electron chi connectivity index (χ3n) is 4.56. The predicted octanol–water partition coefficient (Wildman–Crippen LogP) is 3.60. The summed E-state index contributed by atoms with van der Waals surface area (Å²) >= 11 is 1.73. The summed E-state index contributed by atoms with van der Waals surface area (Å²) in [7, 11) is 2.00. The van der Waals surface area contributed by atoms with Gasteiger partial charge in [-0.2, -0.15) is 0 Å². The van der Waals surface area contributed by atoms with Gasteiger partial charge in [0.1, 0.15) is 0 Å². The second-order valence-electron chi connectivity index (χ2n) is 6.44. The van der Waals surface area contributed by atoms with Gasteiger partial charge in [0.2, 0.25) is 5.91 Å². The van der Waals surface area contributed by atoms with Gasteiger partial charge in [-0.1, -0.05) is 25.3 Å². The zero-order valence-corrected chi connectivity index (χ0v) is 15.2. The third kappa shape index (κ3) is 6.61. The summed E-state index contributed by atoms with van der Waals surface area (Å²) in [6.45, 7) is 4.03. The Morgan fingerprint density at radius 2 is 2.22 bits per heavy atom. The van der Waals surface area contributed by atoms with E-state index >= 15 is 0 Å². The van der Waals surface area contributed by atoms with Crippen molar-refractivity contribution in [2.24, 2.45) is 0 Å². The number of carbonyl (C=O) groups excluding carboxylic acids is 1. The number of likely N-dealkylation sites (N-methyl/N-ethyl adjacent to an activating group) is 1. The second-order valence-corrected chi connectivity index (χ2v) is 7.42. The number of amides is 1. The molecular formula is C18H30N2O2S. The molecule has 1 fully saturated rings. The van der Waals surface area contributed by atoms with Gasteiger partial charge in [-0.15, -0.1) is 11.3 Å². The summed E-state index contributed by atoms with van der Waals surface area (Å²) < 4.78 is 5.87. The number of thiophene rings is 1. The first kappa shape index (κ1) is 18.4. The van der Waals surface area contributed by atoms with E-state index in [2.05, 4.69) is 34.7 Å². The average molecular weight is 339 g/mol. The molecule has 0 spiro atoms. The molecule has 5 heteroatoms. The van der Waals surface area contributed by atoms with Crippen LogP contribution in [-0.4, -0.2) is 43.7 Å². The maximum absolute atomic E-state index is 12.0. The van der Waals surface area contributed by atoms with E-state index in [9.17, 15) is 4.79 Å². The highest BCUT2D eigenvalue weighted by Crippen LogP contribution is 2.23. The Hall–Kier alpha value is -0.910. The molecule has 0 aromatic carbocycles. The molecule has 1 aliphatic rings. The number of ether oxygens (including phenoxy) is 1. The van der Waals surface area contributed by atoms with Crippen molar-refractivity contribution in [2.45, 2.75) is 57.6 Å². The molecule has 1 amide bonds. The van der Waals surface area contributed by atoms with Crippen molar-refractivity contribution in [3.05, 3.63) is 22.4 Å². The van der Waals surface area contributed by atoms with Crippen LogP contribution in [0.1, 0.15) is 56.4 Å². The highest BCUT2D eigenvalue weighted by molar-refractivity contribution is 7.10. The first-order valence-corrected chi connectivity index (χ1v) is 9.66. The van der Waals surface area contributed by atoms with Crippen LogP contribution in [0.25, 0.3) is 0 Å². The Morgan fingerprint density at radius 1 is 1.43 bits per heavy atom. The summed E-state index contributed by atoms with van der Waals surface area (Å²) in [6.07, 6.45) is 7.72. The number of rotatable bonds is 9. The van der Waals surface area contributed by atoms with Crippen molar-refractivity contribution in [3.8, 4) is 0 Å². The molecule has 0 bridgehead atoms. The van der Waals surface area contributed by atoms with Gasteiger partial charge < -0.3 is 10.1 Å². The molecule has 0 aliphatic heterocycles. The van der Waals surface area contributed by atoms with Gasteiger partial charge in [-0.25, -0.2) is 0 Å². The maximum Gasteiger partial charge on any atom is 0.234 e. The molecule has 1 unspecified atom stereocenters. The van der Waals surface area contributed by atoms with E-state index in [1.165, 1.54) is 37.0 Å². The fourth-order valence-electron chi connectivity index (χ4n) is 2.95. The number of nitrogens with one attached hydrogen (secondary N) is 1. The Labute approximate surface area is 144 Å². The largest absolute Gasteiger partial charge is 0.378 e. The molecule has 2 rings (SSSR count). The molecule has 4 nitrogen and oxygen atoms in total. The number of hydrogen-bond acceptors (Lipinski definition) is 4. The number of nitrogens with zero attached hydrogens (tertiary/aromatic N) is 1. The van der Waals surface area contributed by atoms with Gasteiger partial charge in [0.15, 0.2) is 0 Å². The van der Waals surface area contributed by atoms with Crippen LogP contribution in [0.2, 0.25) is 0 Å². The molecule has 23 heavy (non-hydrogen) atoms. The Morgan fingerprint density at radius 3 is 2.91 bits per heavy atom. The Balaban J connectivity index is 1.54. The summed E-state index contributed by atoms with van der Waals surface area (Å²) in [4.78, 5) is 15.4. The Bertz CT molecular complexity index is 444. The summed E-state index contributed by atoms with van der Waals surface area (Å²) in [5, 5.41) is 5.07. The van der Waals surface area contributed by atoms with Crippen molar-refractivity contribution in [3.63, 3.8) is 0 Å². The first-order valence-electron chi connectivity index (χ1n) is 8.78. The van der Waals surface area contributed by atoms with E-state index in [0.29, 0.717) is 19.2 Å². The van der Waals surface area contributed by atoms with Crippen molar-refractivity contribution >= 4 is 17.2 Å². The van der Waals surface area contributed by atoms with Gasteiger partial charge in [-0.3, -0.25) is 9.69 Å². The van der Waals surface area contributed by atoms with Crippen LogP contribution in [0.15, 0.2) is 17.5 Å². The molecule has 1 saturated carbocycles. The molecule has 0 saturated heterocycles. The van der Waals surface area contributed by atoms with Gasteiger partial charge in [0.05, 0.1) is 12.6 Å². The van der Waals surface area contributed by atoms with Crippen LogP contribution in [0, 0.1) is 0 Å². The molecule has 130 valence electrons. The highest BCUT2D eigenvalue weighted by Gasteiger charge is 2.16. The Kier molecular flexibility index (Phi) is 8.06.